The number of aromatic nitrogens is 1. The van der Waals surface area contributed by atoms with E-state index < -0.39 is 0 Å². The molecule has 0 saturated carbocycles. The average Bonchev–Trinajstić information content (AvgIpc) is 2.64. The van der Waals surface area contributed by atoms with Crippen molar-refractivity contribution in [3.63, 3.8) is 0 Å². The molecule has 0 amide bonds. The molecule has 2 aromatic rings. The second-order valence-corrected chi connectivity index (χ2v) is 5.98. The van der Waals surface area contributed by atoms with Gasteiger partial charge in [-0.1, -0.05) is 18.2 Å². The van der Waals surface area contributed by atoms with Crippen molar-refractivity contribution >= 4 is 5.82 Å². The highest BCUT2D eigenvalue weighted by molar-refractivity contribution is 5.39. The molecule has 4 heteroatoms. The van der Waals surface area contributed by atoms with Crippen molar-refractivity contribution in [3.8, 4) is 6.07 Å². The normalized spacial score (nSPS) is 14.5. The lowest BCUT2D eigenvalue weighted by atomic mass is 10.1. The van der Waals surface area contributed by atoms with Crippen molar-refractivity contribution in [1.29, 1.82) is 5.26 Å². The predicted octanol–water partition coefficient (Wildman–Crippen LogP) is 3.23. The van der Waals surface area contributed by atoms with Crippen LogP contribution >= 0.6 is 0 Å². The predicted molar refractivity (Wildman–Crippen MR) is 92.0 cm³/mol. The van der Waals surface area contributed by atoms with Gasteiger partial charge in [0, 0.05) is 32.4 Å². The third kappa shape index (κ3) is 4.30. The van der Waals surface area contributed by atoms with Crippen molar-refractivity contribution in [1.82, 2.24) is 10.3 Å². The minimum absolute atomic E-state index is 0.700. The molecule has 1 N–H and O–H groups in total. The number of hydrogen-bond donors (Lipinski definition) is 1. The number of rotatable bonds is 5. The molecule has 1 saturated heterocycles. The summed E-state index contributed by atoms with van der Waals surface area (Å²) in [6.45, 7) is 3.85. The van der Waals surface area contributed by atoms with Gasteiger partial charge in [-0.2, -0.15) is 5.26 Å². The summed E-state index contributed by atoms with van der Waals surface area (Å²) < 4.78 is 0. The van der Waals surface area contributed by atoms with Gasteiger partial charge in [-0.15, -0.1) is 0 Å². The lowest BCUT2D eigenvalue weighted by molar-refractivity contribution is 0.573. The van der Waals surface area contributed by atoms with Crippen molar-refractivity contribution in [2.24, 2.45) is 0 Å². The highest BCUT2D eigenvalue weighted by Gasteiger charge is 2.11. The fourth-order valence-electron chi connectivity index (χ4n) is 2.88. The first-order valence-electron chi connectivity index (χ1n) is 8.25. The Hall–Kier alpha value is -2.38. The molecular weight excluding hydrogens is 284 g/mol. The van der Waals surface area contributed by atoms with E-state index in [9.17, 15) is 0 Å². The molecule has 0 atom stereocenters. The van der Waals surface area contributed by atoms with E-state index in [0.717, 1.165) is 32.0 Å². The smallest absolute Gasteiger partial charge is 0.128 e. The molecule has 3 rings (SSSR count). The summed E-state index contributed by atoms with van der Waals surface area (Å²) in [5, 5.41) is 12.2. The first-order chi connectivity index (χ1) is 11.3. The zero-order chi connectivity index (χ0) is 15.9. The Kier molecular flexibility index (Phi) is 5.23. The van der Waals surface area contributed by atoms with Gasteiger partial charge in [0.1, 0.15) is 5.82 Å². The first kappa shape index (κ1) is 15.5. The van der Waals surface area contributed by atoms with E-state index >= 15 is 0 Å². The standard InChI is InChI=1S/C19H22N4/c20-12-16-4-6-17(7-5-16)13-21-14-18-8-9-19(22-15-18)23-10-2-1-3-11-23/h4-9,15,21H,1-3,10-11,13-14H2. The third-order valence-electron chi connectivity index (χ3n) is 4.23. The van der Waals surface area contributed by atoms with Gasteiger partial charge in [-0.25, -0.2) is 4.98 Å². The Morgan fingerprint density at radius 2 is 1.65 bits per heavy atom. The van der Waals surface area contributed by atoms with Crippen LogP contribution < -0.4 is 10.2 Å². The van der Waals surface area contributed by atoms with Crippen LogP contribution in [0, 0.1) is 11.3 Å². The lowest BCUT2D eigenvalue weighted by Crippen LogP contribution is -2.30. The van der Waals surface area contributed by atoms with Crippen LogP contribution in [-0.4, -0.2) is 18.1 Å². The first-order valence-corrected chi connectivity index (χ1v) is 8.25. The molecule has 0 spiro atoms. The molecule has 1 aliphatic heterocycles. The van der Waals surface area contributed by atoms with Crippen LogP contribution in [0.1, 0.15) is 36.0 Å². The van der Waals surface area contributed by atoms with Crippen molar-refractivity contribution in [3.05, 3.63) is 59.3 Å². The van der Waals surface area contributed by atoms with Gasteiger partial charge in [0.15, 0.2) is 0 Å². The van der Waals surface area contributed by atoms with Crippen LogP contribution in [0.25, 0.3) is 0 Å². The zero-order valence-corrected chi connectivity index (χ0v) is 13.3. The van der Waals surface area contributed by atoms with Crippen molar-refractivity contribution in [2.45, 2.75) is 32.4 Å². The largest absolute Gasteiger partial charge is 0.357 e. The minimum atomic E-state index is 0.700. The molecule has 2 heterocycles. The number of hydrogen-bond acceptors (Lipinski definition) is 4. The van der Waals surface area contributed by atoms with Gasteiger partial charge >= 0.3 is 0 Å². The van der Waals surface area contributed by atoms with Crippen LogP contribution in [-0.2, 0) is 13.1 Å². The topological polar surface area (TPSA) is 52.0 Å². The summed E-state index contributed by atoms with van der Waals surface area (Å²) in [5.41, 5.74) is 3.08. The van der Waals surface area contributed by atoms with Crippen molar-refractivity contribution < 1.29 is 0 Å². The Bertz CT molecular complexity index is 649. The third-order valence-corrected chi connectivity index (χ3v) is 4.23. The Morgan fingerprint density at radius 1 is 0.957 bits per heavy atom. The molecular formula is C19H22N4. The van der Waals surface area contributed by atoms with Crippen LogP contribution in [0.5, 0.6) is 0 Å². The summed E-state index contributed by atoms with van der Waals surface area (Å²) in [6.07, 6.45) is 5.86. The van der Waals surface area contributed by atoms with E-state index in [2.05, 4.69) is 33.4 Å². The molecule has 0 radical (unpaired) electrons. The molecule has 1 aromatic carbocycles. The molecule has 0 unspecified atom stereocenters. The highest BCUT2D eigenvalue weighted by atomic mass is 15.2. The fraction of sp³-hybridized carbons (Fsp3) is 0.368. The number of piperidine rings is 1. The monoisotopic (exact) mass is 306 g/mol. The summed E-state index contributed by atoms with van der Waals surface area (Å²) in [7, 11) is 0. The quantitative estimate of drug-likeness (QED) is 0.921. The van der Waals surface area contributed by atoms with Gasteiger partial charge in [0.2, 0.25) is 0 Å². The highest BCUT2D eigenvalue weighted by Crippen LogP contribution is 2.17. The summed E-state index contributed by atoms with van der Waals surface area (Å²) in [6, 6.07) is 14.1. The van der Waals surface area contributed by atoms with E-state index in [4.69, 9.17) is 5.26 Å². The maximum absolute atomic E-state index is 8.79. The molecule has 4 nitrogen and oxygen atoms in total. The van der Waals surface area contributed by atoms with Crippen LogP contribution in [0.15, 0.2) is 42.6 Å². The van der Waals surface area contributed by atoms with Crippen LogP contribution in [0.3, 0.4) is 0 Å². The van der Waals surface area contributed by atoms with Gasteiger partial charge in [0.25, 0.3) is 0 Å². The van der Waals surface area contributed by atoms with E-state index in [0.29, 0.717) is 5.56 Å². The van der Waals surface area contributed by atoms with E-state index in [-0.39, 0.29) is 0 Å². The number of benzene rings is 1. The molecule has 1 aromatic heterocycles. The van der Waals surface area contributed by atoms with Crippen molar-refractivity contribution in [2.75, 3.05) is 18.0 Å². The lowest BCUT2D eigenvalue weighted by Gasteiger charge is -2.27. The fourth-order valence-corrected chi connectivity index (χ4v) is 2.88. The van der Waals surface area contributed by atoms with Gasteiger partial charge < -0.3 is 10.2 Å². The average molecular weight is 306 g/mol. The van der Waals surface area contributed by atoms with Gasteiger partial charge in [-0.3, -0.25) is 0 Å². The number of pyridine rings is 1. The number of nitrogens with zero attached hydrogens (tertiary/aromatic N) is 3. The Balaban J connectivity index is 1.49. The molecule has 118 valence electrons. The Morgan fingerprint density at radius 3 is 2.30 bits per heavy atom. The molecule has 23 heavy (non-hydrogen) atoms. The maximum atomic E-state index is 8.79. The van der Waals surface area contributed by atoms with Gasteiger partial charge in [-0.05, 0) is 48.6 Å². The minimum Gasteiger partial charge on any atom is -0.357 e. The van der Waals surface area contributed by atoms with Crippen LogP contribution in [0.4, 0.5) is 5.82 Å². The number of anilines is 1. The summed E-state index contributed by atoms with van der Waals surface area (Å²) in [4.78, 5) is 6.97. The number of nitrogens with one attached hydrogen (secondary N) is 1. The number of nitriles is 1. The SMILES string of the molecule is N#Cc1ccc(CNCc2ccc(N3CCCCC3)nc2)cc1. The molecule has 1 aliphatic rings. The van der Waals surface area contributed by atoms with Gasteiger partial charge in [0.05, 0.1) is 11.6 Å². The summed E-state index contributed by atoms with van der Waals surface area (Å²) in [5.74, 6) is 1.10. The van der Waals surface area contributed by atoms with E-state index in [1.54, 1.807) is 0 Å². The van der Waals surface area contributed by atoms with E-state index in [1.807, 2.05) is 30.5 Å². The zero-order valence-electron chi connectivity index (χ0n) is 13.3. The molecule has 0 aliphatic carbocycles. The summed E-state index contributed by atoms with van der Waals surface area (Å²) >= 11 is 0. The maximum Gasteiger partial charge on any atom is 0.128 e. The second kappa shape index (κ2) is 7.75. The Labute approximate surface area is 137 Å². The second-order valence-electron chi connectivity index (χ2n) is 5.98. The van der Waals surface area contributed by atoms with E-state index in [1.165, 1.54) is 30.4 Å². The molecule has 0 bridgehead atoms. The van der Waals surface area contributed by atoms with Crippen LogP contribution in [0.2, 0.25) is 0 Å². The molecule has 1 fully saturated rings.